The first kappa shape index (κ1) is 13.0. The Morgan fingerprint density at radius 3 is 2.53 bits per heavy atom. The van der Waals surface area contributed by atoms with Crippen LogP contribution in [0.5, 0.6) is 0 Å². The molecule has 1 N–H and O–H groups in total. The molecule has 0 unspecified atom stereocenters. The standard InChI is InChI=1S/C12H8F3N3O/c13-12(14,15)10-7-8(4-6-17-10)18-11(19)9-3-1-2-5-16-9/h1-7H,(H,17,18,19). The van der Waals surface area contributed by atoms with Crippen molar-refractivity contribution in [1.82, 2.24) is 9.97 Å². The minimum Gasteiger partial charge on any atom is -0.321 e. The number of hydrogen-bond acceptors (Lipinski definition) is 3. The second-order valence-electron chi connectivity index (χ2n) is 3.60. The first-order valence-electron chi connectivity index (χ1n) is 5.22. The third-order valence-electron chi connectivity index (χ3n) is 2.21. The lowest BCUT2D eigenvalue weighted by Crippen LogP contribution is -2.15. The van der Waals surface area contributed by atoms with Gasteiger partial charge in [-0.3, -0.25) is 14.8 Å². The number of pyridine rings is 2. The number of rotatable bonds is 2. The largest absolute Gasteiger partial charge is 0.433 e. The molecule has 0 bridgehead atoms. The highest BCUT2D eigenvalue weighted by Gasteiger charge is 2.32. The summed E-state index contributed by atoms with van der Waals surface area (Å²) in [4.78, 5) is 18.7. The third-order valence-corrected chi connectivity index (χ3v) is 2.21. The lowest BCUT2D eigenvalue weighted by molar-refractivity contribution is -0.141. The number of hydrogen-bond donors (Lipinski definition) is 1. The molecule has 2 aromatic heterocycles. The van der Waals surface area contributed by atoms with E-state index in [0.29, 0.717) is 0 Å². The van der Waals surface area contributed by atoms with Crippen LogP contribution in [0.15, 0.2) is 42.7 Å². The number of halogens is 3. The third kappa shape index (κ3) is 3.27. The Kier molecular flexibility index (Phi) is 3.46. The fraction of sp³-hybridized carbons (Fsp3) is 0.0833. The van der Waals surface area contributed by atoms with Gasteiger partial charge in [0.2, 0.25) is 0 Å². The molecule has 98 valence electrons. The average molecular weight is 267 g/mol. The van der Waals surface area contributed by atoms with Crippen molar-refractivity contribution in [2.75, 3.05) is 5.32 Å². The van der Waals surface area contributed by atoms with E-state index in [4.69, 9.17) is 0 Å². The molecule has 0 aromatic carbocycles. The number of carbonyl (C=O) groups excluding carboxylic acids is 1. The van der Waals surface area contributed by atoms with E-state index in [2.05, 4.69) is 15.3 Å². The van der Waals surface area contributed by atoms with Crippen molar-refractivity contribution < 1.29 is 18.0 Å². The van der Waals surface area contributed by atoms with Crippen molar-refractivity contribution in [1.29, 1.82) is 0 Å². The van der Waals surface area contributed by atoms with Crippen LogP contribution in [-0.2, 0) is 6.18 Å². The summed E-state index contributed by atoms with van der Waals surface area (Å²) in [6.45, 7) is 0. The number of nitrogens with one attached hydrogen (secondary N) is 1. The number of aromatic nitrogens is 2. The van der Waals surface area contributed by atoms with Gasteiger partial charge in [0.15, 0.2) is 0 Å². The highest BCUT2D eigenvalue weighted by atomic mass is 19.4. The van der Waals surface area contributed by atoms with Gasteiger partial charge in [0.1, 0.15) is 11.4 Å². The molecule has 0 aliphatic carbocycles. The zero-order valence-corrected chi connectivity index (χ0v) is 9.48. The highest BCUT2D eigenvalue weighted by molar-refractivity contribution is 6.02. The van der Waals surface area contributed by atoms with Gasteiger partial charge in [0, 0.05) is 18.1 Å². The summed E-state index contributed by atoms with van der Waals surface area (Å²) in [6, 6.07) is 6.73. The van der Waals surface area contributed by atoms with Gasteiger partial charge in [-0.15, -0.1) is 0 Å². The molecule has 0 spiro atoms. The Labute approximate surface area is 106 Å². The molecule has 2 aromatic rings. The summed E-state index contributed by atoms with van der Waals surface area (Å²) in [5.41, 5.74) is -0.933. The van der Waals surface area contributed by atoms with E-state index in [9.17, 15) is 18.0 Å². The minimum absolute atomic E-state index is 0.0120. The number of anilines is 1. The maximum atomic E-state index is 12.4. The zero-order valence-electron chi connectivity index (χ0n) is 9.48. The van der Waals surface area contributed by atoms with Crippen molar-refractivity contribution in [3.63, 3.8) is 0 Å². The van der Waals surface area contributed by atoms with E-state index < -0.39 is 17.8 Å². The van der Waals surface area contributed by atoms with Crippen LogP contribution in [-0.4, -0.2) is 15.9 Å². The zero-order chi connectivity index (χ0) is 13.9. The molecular formula is C12H8F3N3O. The van der Waals surface area contributed by atoms with Crippen LogP contribution in [0.1, 0.15) is 16.2 Å². The number of nitrogens with zero attached hydrogens (tertiary/aromatic N) is 2. The van der Waals surface area contributed by atoms with Crippen LogP contribution >= 0.6 is 0 Å². The van der Waals surface area contributed by atoms with E-state index in [0.717, 1.165) is 12.3 Å². The molecule has 2 rings (SSSR count). The second kappa shape index (κ2) is 5.05. The second-order valence-corrected chi connectivity index (χ2v) is 3.60. The van der Waals surface area contributed by atoms with Crippen LogP contribution in [0.2, 0.25) is 0 Å². The van der Waals surface area contributed by atoms with E-state index in [1.54, 1.807) is 12.1 Å². The van der Waals surface area contributed by atoms with Crippen LogP contribution < -0.4 is 5.32 Å². The Morgan fingerprint density at radius 2 is 1.89 bits per heavy atom. The van der Waals surface area contributed by atoms with Gasteiger partial charge in [-0.1, -0.05) is 6.07 Å². The van der Waals surface area contributed by atoms with Gasteiger partial charge < -0.3 is 5.32 Å². The minimum atomic E-state index is -4.55. The maximum Gasteiger partial charge on any atom is 0.433 e. The van der Waals surface area contributed by atoms with Gasteiger partial charge in [-0.2, -0.15) is 13.2 Å². The predicted molar refractivity (Wildman–Crippen MR) is 61.4 cm³/mol. The summed E-state index contributed by atoms with van der Waals surface area (Å²) >= 11 is 0. The van der Waals surface area contributed by atoms with Gasteiger partial charge in [0.05, 0.1) is 0 Å². The SMILES string of the molecule is O=C(Nc1ccnc(C(F)(F)F)c1)c1ccccn1. The molecule has 7 heteroatoms. The molecule has 19 heavy (non-hydrogen) atoms. The van der Waals surface area contributed by atoms with E-state index in [1.807, 2.05) is 0 Å². The summed E-state index contributed by atoms with van der Waals surface area (Å²) in [7, 11) is 0. The summed E-state index contributed by atoms with van der Waals surface area (Å²) in [6.07, 6.45) is -2.15. The van der Waals surface area contributed by atoms with Gasteiger partial charge >= 0.3 is 6.18 Å². The average Bonchev–Trinajstić information content (AvgIpc) is 2.39. The Balaban J connectivity index is 2.18. The molecule has 1 amide bonds. The number of carbonyl (C=O) groups is 1. The van der Waals surface area contributed by atoms with E-state index in [-0.39, 0.29) is 11.4 Å². The van der Waals surface area contributed by atoms with Gasteiger partial charge in [-0.05, 0) is 24.3 Å². The highest BCUT2D eigenvalue weighted by Crippen LogP contribution is 2.28. The Bertz CT molecular complexity index is 584. The lowest BCUT2D eigenvalue weighted by Gasteiger charge is -2.08. The smallest absolute Gasteiger partial charge is 0.321 e. The molecule has 0 saturated heterocycles. The van der Waals surface area contributed by atoms with Crippen molar-refractivity contribution in [2.45, 2.75) is 6.18 Å². The van der Waals surface area contributed by atoms with Crippen molar-refractivity contribution >= 4 is 11.6 Å². The Morgan fingerprint density at radius 1 is 1.11 bits per heavy atom. The van der Waals surface area contributed by atoms with Crippen LogP contribution in [0.25, 0.3) is 0 Å². The molecule has 0 aliphatic rings. The van der Waals surface area contributed by atoms with Crippen molar-refractivity contribution in [3.05, 3.63) is 54.1 Å². The van der Waals surface area contributed by atoms with Crippen LogP contribution in [0.3, 0.4) is 0 Å². The molecule has 0 fully saturated rings. The fourth-order valence-electron chi connectivity index (χ4n) is 1.36. The van der Waals surface area contributed by atoms with Gasteiger partial charge in [0.25, 0.3) is 5.91 Å². The summed E-state index contributed by atoms with van der Waals surface area (Å²) < 4.78 is 37.3. The van der Waals surface area contributed by atoms with E-state index in [1.165, 1.54) is 18.3 Å². The van der Waals surface area contributed by atoms with Crippen molar-refractivity contribution in [3.8, 4) is 0 Å². The molecule has 0 radical (unpaired) electrons. The number of alkyl halides is 3. The molecule has 2 heterocycles. The lowest BCUT2D eigenvalue weighted by atomic mass is 10.3. The summed E-state index contributed by atoms with van der Waals surface area (Å²) in [5.74, 6) is -0.583. The Hall–Kier alpha value is -2.44. The first-order chi connectivity index (χ1) is 8.97. The monoisotopic (exact) mass is 267 g/mol. The first-order valence-corrected chi connectivity index (χ1v) is 5.22. The molecule has 4 nitrogen and oxygen atoms in total. The predicted octanol–water partition coefficient (Wildman–Crippen LogP) is 2.75. The molecule has 0 atom stereocenters. The quantitative estimate of drug-likeness (QED) is 0.910. The van der Waals surface area contributed by atoms with E-state index >= 15 is 0 Å². The van der Waals surface area contributed by atoms with Gasteiger partial charge in [-0.25, -0.2) is 0 Å². The number of amides is 1. The normalized spacial score (nSPS) is 11.1. The summed E-state index contributed by atoms with van der Waals surface area (Å²) in [5, 5.41) is 2.33. The molecular weight excluding hydrogens is 259 g/mol. The fourth-order valence-corrected chi connectivity index (χ4v) is 1.36. The topological polar surface area (TPSA) is 54.9 Å². The van der Waals surface area contributed by atoms with Crippen LogP contribution in [0, 0.1) is 0 Å². The van der Waals surface area contributed by atoms with Crippen LogP contribution in [0.4, 0.5) is 18.9 Å². The van der Waals surface area contributed by atoms with Crippen molar-refractivity contribution in [2.24, 2.45) is 0 Å². The molecule has 0 aliphatic heterocycles. The molecule has 0 saturated carbocycles. The maximum absolute atomic E-state index is 12.4.